The van der Waals surface area contributed by atoms with Gasteiger partial charge in [0, 0.05) is 16.6 Å². The quantitative estimate of drug-likeness (QED) is 0.705. The van der Waals surface area contributed by atoms with Crippen molar-refractivity contribution < 1.29 is 0 Å². The summed E-state index contributed by atoms with van der Waals surface area (Å²) in [5.41, 5.74) is 1.22. The minimum absolute atomic E-state index is 1.07. The van der Waals surface area contributed by atoms with E-state index >= 15 is 0 Å². The summed E-state index contributed by atoms with van der Waals surface area (Å²) in [5, 5.41) is 1.12. The Kier molecular flexibility index (Phi) is 2.41. The van der Waals surface area contributed by atoms with Crippen molar-refractivity contribution in [3.05, 3.63) is 41.4 Å². The van der Waals surface area contributed by atoms with Gasteiger partial charge in [0.2, 0.25) is 0 Å². The Bertz CT molecular complexity index is 378. The van der Waals surface area contributed by atoms with Crippen LogP contribution in [0.15, 0.2) is 36.5 Å². The molecule has 0 aliphatic rings. The minimum atomic E-state index is 1.07. The fourth-order valence-electron chi connectivity index (χ4n) is 1.19. The number of benzene rings is 1. The van der Waals surface area contributed by atoms with Gasteiger partial charge in [-0.25, -0.2) is 4.98 Å². The molecule has 0 saturated heterocycles. The highest BCUT2D eigenvalue weighted by molar-refractivity contribution is 7.15. The molecule has 1 nitrogen and oxygen atoms in total. The van der Waals surface area contributed by atoms with Crippen LogP contribution in [0.2, 0.25) is 0 Å². The second-order valence-corrected chi connectivity index (χ2v) is 3.97. The Balaban J connectivity index is 2.36. The highest BCUT2D eigenvalue weighted by atomic mass is 32.1. The number of rotatable bonds is 2. The first-order valence-electron chi connectivity index (χ1n) is 4.40. The molecule has 0 aliphatic heterocycles. The van der Waals surface area contributed by atoms with Gasteiger partial charge >= 0.3 is 0 Å². The lowest BCUT2D eigenvalue weighted by Crippen LogP contribution is -1.71. The number of hydrogen-bond donors (Lipinski definition) is 0. The van der Waals surface area contributed by atoms with E-state index in [0.29, 0.717) is 0 Å². The Morgan fingerprint density at radius 2 is 2.00 bits per heavy atom. The lowest BCUT2D eigenvalue weighted by molar-refractivity contribution is 1.17. The molecule has 0 amide bonds. The van der Waals surface area contributed by atoms with Gasteiger partial charge in [-0.05, 0) is 6.42 Å². The molecule has 2 rings (SSSR count). The highest BCUT2D eigenvalue weighted by Crippen LogP contribution is 2.24. The highest BCUT2D eigenvalue weighted by Gasteiger charge is 2.01. The summed E-state index contributed by atoms with van der Waals surface area (Å²) >= 11 is 1.77. The Labute approximate surface area is 82.1 Å². The third-order valence-corrected chi connectivity index (χ3v) is 3.11. The summed E-state index contributed by atoms with van der Waals surface area (Å²) in [6.45, 7) is 2.16. The van der Waals surface area contributed by atoms with Crippen LogP contribution in [0.4, 0.5) is 0 Å². The number of thiazole rings is 1. The number of hydrogen-bond acceptors (Lipinski definition) is 2. The van der Waals surface area contributed by atoms with Crippen LogP contribution in [-0.2, 0) is 6.42 Å². The molecular weight excluding hydrogens is 178 g/mol. The van der Waals surface area contributed by atoms with Crippen molar-refractivity contribution in [2.75, 3.05) is 0 Å². The van der Waals surface area contributed by atoms with Gasteiger partial charge in [0.25, 0.3) is 0 Å². The molecule has 0 unspecified atom stereocenters. The second kappa shape index (κ2) is 3.71. The topological polar surface area (TPSA) is 12.9 Å². The summed E-state index contributed by atoms with van der Waals surface area (Å²) < 4.78 is 0. The zero-order valence-electron chi connectivity index (χ0n) is 7.53. The first-order valence-corrected chi connectivity index (χ1v) is 5.22. The van der Waals surface area contributed by atoms with Crippen molar-refractivity contribution in [1.29, 1.82) is 0 Å². The van der Waals surface area contributed by atoms with Gasteiger partial charge < -0.3 is 0 Å². The summed E-state index contributed by atoms with van der Waals surface area (Å²) in [7, 11) is 0. The van der Waals surface area contributed by atoms with Crippen LogP contribution in [0.5, 0.6) is 0 Å². The van der Waals surface area contributed by atoms with Crippen molar-refractivity contribution in [3.63, 3.8) is 0 Å². The SMILES string of the molecule is CCc1cnc(-c2ccccc2)s1. The molecule has 0 atom stereocenters. The maximum atomic E-state index is 4.38. The Morgan fingerprint density at radius 3 is 2.62 bits per heavy atom. The van der Waals surface area contributed by atoms with Gasteiger partial charge in [0.1, 0.15) is 5.01 Å². The summed E-state index contributed by atoms with van der Waals surface area (Å²) in [5.74, 6) is 0. The maximum absolute atomic E-state index is 4.38. The van der Waals surface area contributed by atoms with E-state index in [1.54, 1.807) is 11.3 Å². The molecule has 0 radical (unpaired) electrons. The summed E-state index contributed by atoms with van der Waals surface area (Å²) in [6.07, 6.45) is 3.04. The summed E-state index contributed by atoms with van der Waals surface area (Å²) in [4.78, 5) is 5.72. The van der Waals surface area contributed by atoms with E-state index in [0.717, 1.165) is 11.4 Å². The molecule has 0 fully saturated rings. The van der Waals surface area contributed by atoms with Gasteiger partial charge in [0.05, 0.1) is 0 Å². The largest absolute Gasteiger partial charge is 0.244 e. The molecule has 1 aromatic heterocycles. The van der Waals surface area contributed by atoms with Crippen molar-refractivity contribution in [2.24, 2.45) is 0 Å². The van der Waals surface area contributed by atoms with Gasteiger partial charge in [-0.15, -0.1) is 11.3 Å². The smallest absolute Gasteiger partial charge is 0.123 e. The monoisotopic (exact) mass is 189 g/mol. The van der Waals surface area contributed by atoms with Crippen LogP contribution >= 0.6 is 11.3 Å². The fraction of sp³-hybridized carbons (Fsp3) is 0.182. The lowest BCUT2D eigenvalue weighted by Gasteiger charge is -1.92. The molecule has 66 valence electrons. The molecule has 13 heavy (non-hydrogen) atoms. The lowest BCUT2D eigenvalue weighted by atomic mass is 10.2. The summed E-state index contributed by atoms with van der Waals surface area (Å²) in [6, 6.07) is 10.3. The third-order valence-electron chi connectivity index (χ3n) is 1.92. The molecule has 0 bridgehead atoms. The average molecular weight is 189 g/mol. The molecule has 1 aromatic carbocycles. The molecule has 0 N–H and O–H groups in total. The van der Waals surface area contributed by atoms with Crippen molar-refractivity contribution >= 4 is 11.3 Å². The van der Waals surface area contributed by atoms with Crippen LogP contribution in [-0.4, -0.2) is 4.98 Å². The van der Waals surface area contributed by atoms with Crippen LogP contribution in [0.1, 0.15) is 11.8 Å². The molecule has 0 saturated carbocycles. The Hall–Kier alpha value is -1.15. The molecule has 2 heteroatoms. The van der Waals surface area contributed by atoms with Crippen molar-refractivity contribution in [3.8, 4) is 10.6 Å². The molecule has 2 aromatic rings. The first kappa shape index (κ1) is 8.45. The molecule has 0 aliphatic carbocycles. The normalized spacial score (nSPS) is 10.2. The second-order valence-electron chi connectivity index (χ2n) is 2.85. The van der Waals surface area contributed by atoms with E-state index in [1.165, 1.54) is 10.4 Å². The van der Waals surface area contributed by atoms with Gasteiger partial charge in [0.15, 0.2) is 0 Å². The van der Waals surface area contributed by atoms with Crippen molar-refractivity contribution in [2.45, 2.75) is 13.3 Å². The Morgan fingerprint density at radius 1 is 1.23 bits per heavy atom. The minimum Gasteiger partial charge on any atom is -0.244 e. The van der Waals surface area contributed by atoms with Gasteiger partial charge in [-0.3, -0.25) is 0 Å². The van der Waals surface area contributed by atoms with E-state index in [9.17, 15) is 0 Å². The van der Waals surface area contributed by atoms with Crippen LogP contribution < -0.4 is 0 Å². The number of nitrogens with zero attached hydrogens (tertiary/aromatic N) is 1. The predicted molar refractivity (Wildman–Crippen MR) is 56.9 cm³/mol. The van der Waals surface area contributed by atoms with E-state index in [4.69, 9.17) is 0 Å². The van der Waals surface area contributed by atoms with Gasteiger partial charge in [-0.1, -0.05) is 37.3 Å². The van der Waals surface area contributed by atoms with Crippen LogP contribution in [0.3, 0.4) is 0 Å². The van der Waals surface area contributed by atoms with Crippen molar-refractivity contribution in [1.82, 2.24) is 4.98 Å². The van der Waals surface area contributed by atoms with Crippen LogP contribution in [0, 0.1) is 0 Å². The standard InChI is InChI=1S/C11H11NS/c1-2-10-8-12-11(13-10)9-6-4-3-5-7-9/h3-8H,2H2,1H3. The number of aromatic nitrogens is 1. The fourth-order valence-corrected chi connectivity index (χ4v) is 2.04. The maximum Gasteiger partial charge on any atom is 0.123 e. The third kappa shape index (κ3) is 1.78. The van der Waals surface area contributed by atoms with E-state index < -0.39 is 0 Å². The first-order chi connectivity index (χ1) is 6.40. The van der Waals surface area contributed by atoms with Crippen LogP contribution in [0.25, 0.3) is 10.6 Å². The predicted octanol–water partition coefficient (Wildman–Crippen LogP) is 3.37. The zero-order valence-corrected chi connectivity index (χ0v) is 8.34. The number of aryl methyl sites for hydroxylation is 1. The van der Waals surface area contributed by atoms with E-state index in [2.05, 4.69) is 24.0 Å². The molecule has 1 heterocycles. The van der Waals surface area contributed by atoms with Gasteiger partial charge in [-0.2, -0.15) is 0 Å². The molecular formula is C11H11NS. The van der Waals surface area contributed by atoms with E-state index in [1.807, 2.05) is 24.4 Å². The molecule has 0 spiro atoms. The van der Waals surface area contributed by atoms with E-state index in [-0.39, 0.29) is 0 Å². The zero-order chi connectivity index (χ0) is 9.10. The average Bonchev–Trinajstić information content (AvgIpc) is 2.67.